The van der Waals surface area contributed by atoms with E-state index in [-0.39, 0.29) is 12.3 Å². The molecule has 0 atom stereocenters. The number of hydrogen-bond donors (Lipinski definition) is 0. The van der Waals surface area contributed by atoms with E-state index in [0.29, 0.717) is 36.8 Å². The number of piperazine rings is 1. The van der Waals surface area contributed by atoms with Crippen LogP contribution in [0.1, 0.15) is 27.2 Å². The molecule has 2 aromatic rings. The van der Waals surface area contributed by atoms with Crippen LogP contribution in [0.2, 0.25) is 0 Å². The first-order chi connectivity index (χ1) is 12.3. The number of aryl methyl sites for hydroxylation is 3. The van der Waals surface area contributed by atoms with Gasteiger partial charge in [0.1, 0.15) is 0 Å². The highest BCUT2D eigenvalue weighted by molar-refractivity contribution is 7.89. The van der Waals surface area contributed by atoms with Crippen LogP contribution in [0.4, 0.5) is 0 Å². The Morgan fingerprint density at radius 3 is 2.23 bits per heavy atom. The minimum atomic E-state index is -3.53. The molecule has 1 aliphatic rings. The van der Waals surface area contributed by atoms with Crippen molar-refractivity contribution in [2.45, 2.75) is 25.7 Å². The van der Waals surface area contributed by atoms with Gasteiger partial charge in [0.25, 0.3) is 0 Å². The SMILES string of the molecule is Cc1cc(C)c(S(=O)(=O)N2CCN(CC(=O)c3ccco3)CC2)c(C)c1. The Morgan fingerprint density at radius 2 is 1.69 bits per heavy atom. The molecule has 7 heteroatoms. The standard InChI is InChI=1S/C19H24N2O4S/c1-14-11-15(2)19(16(3)12-14)26(23,24)21-8-6-20(7-9-21)13-17(22)18-5-4-10-25-18/h4-5,10-12H,6-9,13H2,1-3H3. The van der Waals surface area contributed by atoms with E-state index in [1.807, 2.05) is 37.8 Å². The van der Waals surface area contributed by atoms with Crippen LogP contribution < -0.4 is 0 Å². The lowest BCUT2D eigenvalue weighted by Crippen LogP contribution is -2.50. The van der Waals surface area contributed by atoms with E-state index < -0.39 is 10.0 Å². The van der Waals surface area contributed by atoms with Gasteiger partial charge in [-0.25, -0.2) is 8.42 Å². The average Bonchev–Trinajstić information content (AvgIpc) is 3.08. The van der Waals surface area contributed by atoms with Crippen LogP contribution >= 0.6 is 0 Å². The number of carbonyl (C=O) groups excluding carboxylic acids is 1. The summed E-state index contributed by atoms with van der Waals surface area (Å²) in [4.78, 5) is 14.5. The third kappa shape index (κ3) is 3.75. The van der Waals surface area contributed by atoms with E-state index in [1.165, 1.54) is 10.6 Å². The van der Waals surface area contributed by atoms with E-state index in [4.69, 9.17) is 4.42 Å². The maximum Gasteiger partial charge on any atom is 0.243 e. The molecule has 3 rings (SSSR count). The van der Waals surface area contributed by atoms with Crippen molar-refractivity contribution in [3.63, 3.8) is 0 Å². The first kappa shape index (κ1) is 18.8. The van der Waals surface area contributed by atoms with Gasteiger partial charge in [0, 0.05) is 26.2 Å². The molecule has 0 saturated carbocycles. The molecule has 0 unspecified atom stereocenters. The molecule has 1 aromatic carbocycles. The molecule has 26 heavy (non-hydrogen) atoms. The first-order valence-corrected chi connectivity index (χ1v) is 10.1. The zero-order chi connectivity index (χ0) is 18.9. The molecule has 1 saturated heterocycles. The van der Waals surface area contributed by atoms with Gasteiger partial charge in [-0.2, -0.15) is 4.31 Å². The second kappa shape index (κ2) is 7.34. The lowest BCUT2D eigenvalue weighted by atomic mass is 10.1. The van der Waals surface area contributed by atoms with Gasteiger partial charge in [0.2, 0.25) is 15.8 Å². The summed E-state index contributed by atoms with van der Waals surface area (Å²) in [5, 5.41) is 0. The number of ketones is 1. The third-order valence-corrected chi connectivity index (χ3v) is 6.90. The van der Waals surface area contributed by atoms with Crippen LogP contribution in [0, 0.1) is 20.8 Å². The van der Waals surface area contributed by atoms with Crippen LogP contribution in [0.5, 0.6) is 0 Å². The second-order valence-electron chi connectivity index (χ2n) is 6.81. The highest BCUT2D eigenvalue weighted by Gasteiger charge is 2.31. The van der Waals surface area contributed by atoms with Gasteiger partial charge in [-0.3, -0.25) is 9.69 Å². The van der Waals surface area contributed by atoms with E-state index in [1.54, 1.807) is 12.1 Å². The number of nitrogens with zero attached hydrogens (tertiary/aromatic N) is 2. The molecule has 6 nitrogen and oxygen atoms in total. The van der Waals surface area contributed by atoms with Crippen molar-refractivity contribution < 1.29 is 17.6 Å². The number of rotatable bonds is 5. The minimum Gasteiger partial charge on any atom is -0.461 e. The fourth-order valence-electron chi connectivity index (χ4n) is 3.55. The van der Waals surface area contributed by atoms with E-state index in [2.05, 4.69) is 0 Å². The van der Waals surface area contributed by atoms with Gasteiger partial charge >= 0.3 is 0 Å². The first-order valence-electron chi connectivity index (χ1n) is 8.66. The number of furan rings is 1. The smallest absolute Gasteiger partial charge is 0.243 e. The van der Waals surface area contributed by atoms with Crippen LogP contribution in [0.25, 0.3) is 0 Å². The highest BCUT2D eigenvalue weighted by Crippen LogP contribution is 2.26. The van der Waals surface area contributed by atoms with Gasteiger partial charge in [-0.05, 0) is 44.0 Å². The summed E-state index contributed by atoms with van der Waals surface area (Å²) in [5.41, 5.74) is 2.61. The normalized spacial score (nSPS) is 16.7. The molecule has 2 heterocycles. The molecule has 0 N–H and O–H groups in total. The molecule has 0 spiro atoms. The highest BCUT2D eigenvalue weighted by atomic mass is 32.2. The summed E-state index contributed by atoms with van der Waals surface area (Å²) in [6, 6.07) is 7.13. The Kier molecular flexibility index (Phi) is 5.32. The quantitative estimate of drug-likeness (QED) is 0.750. The number of carbonyl (C=O) groups is 1. The molecule has 0 amide bonds. The van der Waals surface area contributed by atoms with E-state index in [9.17, 15) is 13.2 Å². The van der Waals surface area contributed by atoms with Crippen LogP contribution in [-0.4, -0.2) is 56.1 Å². The summed E-state index contributed by atoms with van der Waals surface area (Å²) in [7, 11) is -3.53. The Bertz CT molecular complexity index is 873. The predicted molar refractivity (Wildman–Crippen MR) is 98.9 cm³/mol. The Balaban J connectivity index is 1.68. The topological polar surface area (TPSA) is 70.8 Å². The fraction of sp³-hybridized carbons (Fsp3) is 0.421. The molecular formula is C19H24N2O4S. The Morgan fingerprint density at radius 1 is 1.08 bits per heavy atom. The Labute approximate surface area is 154 Å². The monoisotopic (exact) mass is 376 g/mol. The fourth-order valence-corrected chi connectivity index (χ4v) is 5.38. The summed E-state index contributed by atoms with van der Waals surface area (Å²) >= 11 is 0. The van der Waals surface area contributed by atoms with Crippen LogP contribution in [0.15, 0.2) is 39.8 Å². The van der Waals surface area contributed by atoms with Gasteiger partial charge in [-0.1, -0.05) is 17.7 Å². The largest absolute Gasteiger partial charge is 0.461 e. The van der Waals surface area contributed by atoms with Crippen molar-refractivity contribution in [3.05, 3.63) is 53.0 Å². The third-order valence-electron chi connectivity index (χ3n) is 4.70. The predicted octanol–water partition coefficient (Wildman–Crippen LogP) is 2.39. The van der Waals surface area contributed by atoms with Crippen LogP contribution in [-0.2, 0) is 10.0 Å². The molecule has 1 aromatic heterocycles. The van der Waals surface area contributed by atoms with Crippen molar-refractivity contribution in [2.75, 3.05) is 32.7 Å². The van der Waals surface area contributed by atoms with Crippen LogP contribution in [0.3, 0.4) is 0 Å². The van der Waals surface area contributed by atoms with Gasteiger partial charge < -0.3 is 4.42 Å². The zero-order valence-corrected chi connectivity index (χ0v) is 16.2. The Hall–Kier alpha value is -1.96. The summed E-state index contributed by atoms with van der Waals surface area (Å²) in [6.45, 7) is 7.68. The minimum absolute atomic E-state index is 0.0865. The van der Waals surface area contributed by atoms with Gasteiger partial charge in [0.15, 0.2) is 5.76 Å². The zero-order valence-electron chi connectivity index (χ0n) is 15.4. The molecule has 0 radical (unpaired) electrons. The number of Topliss-reactive ketones (excluding diaryl/α,β-unsaturated/α-hetero) is 1. The van der Waals surface area contributed by atoms with Crippen molar-refractivity contribution >= 4 is 15.8 Å². The van der Waals surface area contributed by atoms with Crippen molar-refractivity contribution in [2.24, 2.45) is 0 Å². The molecule has 140 valence electrons. The molecular weight excluding hydrogens is 352 g/mol. The average molecular weight is 376 g/mol. The van der Waals surface area contributed by atoms with E-state index >= 15 is 0 Å². The molecule has 1 aliphatic heterocycles. The number of hydrogen-bond acceptors (Lipinski definition) is 5. The van der Waals surface area contributed by atoms with Gasteiger partial charge in [0.05, 0.1) is 17.7 Å². The number of benzene rings is 1. The summed E-state index contributed by atoms with van der Waals surface area (Å²) in [5.74, 6) is 0.252. The van der Waals surface area contributed by atoms with E-state index in [0.717, 1.165) is 16.7 Å². The van der Waals surface area contributed by atoms with Crippen molar-refractivity contribution in [1.29, 1.82) is 0 Å². The summed E-state index contributed by atoms with van der Waals surface area (Å²) in [6.07, 6.45) is 1.48. The maximum absolute atomic E-state index is 13.1. The lowest BCUT2D eigenvalue weighted by Gasteiger charge is -2.34. The van der Waals surface area contributed by atoms with Gasteiger partial charge in [-0.15, -0.1) is 0 Å². The van der Waals surface area contributed by atoms with Crippen molar-refractivity contribution in [3.8, 4) is 0 Å². The molecule has 0 bridgehead atoms. The second-order valence-corrected chi connectivity index (χ2v) is 8.68. The van der Waals surface area contributed by atoms with Crippen molar-refractivity contribution in [1.82, 2.24) is 9.21 Å². The summed E-state index contributed by atoms with van der Waals surface area (Å²) < 4.78 is 32.8. The lowest BCUT2D eigenvalue weighted by molar-refractivity contribution is 0.0874. The maximum atomic E-state index is 13.1. The molecule has 1 fully saturated rings. The molecule has 0 aliphatic carbocycles. The number of sulfonamides is 1.